The average molecular weight is 589 g/mol. The number of aryl methyl sites for hydroxylation is 1. The molecule has 2 aromatic rings. The molecule has 3 heterocycles. The van der Waals surface area contributed by atoms with Gasteiger partial charge in [-0.3, -0.25) is 4.79 Å². The fourth-order valence-corrected chi connectivity index (χ4v) is 6.55. The van der Waals surface area contributed by atoms with Crippen LogP contribution in [0.4, 0.5) is 5.69 Å². The molecule has 11 heteroatoms. The fourth-order valence-electron chi connectivity index (χ4n) is 6.55. The Hall–Kier alpha value is -4.93. The molecule has 0 saturated carbocycles. The SMILES string of the molecule is COC(=O)C1=C(C(=O)OC)[C@@]2(C(=O)N(Cc3ccccc3)c3ccc(C)cc32)C(C(=O)OC)=C(C(=O)OC)N2CCC[C@H]12. The summed E-state index contributed by atoms with van der Waals surface area (Å²) in [5, 5.41) is 0. The van der Waals surface area contributed by atoms with Crippen molar-refractivity contribution in [3.05, 3.63) is 87.6 Å². The molecule has 1 spiro atoms. The molecule has 0 N–H and O–H groups in total. The number of ether oxygens (including phenoxy) is 4. The van der Waals surface area contributed by atoms with Crippen LogP contribution in [-0.4, -0.2) is 75.7 Å². The first-order chi connectivity index (χ1) is 20.7. The first-order valence-corrected chi connectivity index (χ1v) is 13.7. The molecule has 11 nitrogen and oxygen atoms in total. The number of hydrogen-bond donors (Lipinski definition) is 0. The molecule has 0 bridgehead atoms. The lowest BCUT2D eigenvalue weighted by molar-refractivity contribution is -0.143. The molecule has 224 valence electrons. The predicted octanol–water partition coefficient (Wildman–Crippen LogP) is 2.50. The number of nitrogens with zero attached hydrogens (tertiary/aromatic N) is 2. The number of fused-ring (bicyclic) bond motifs is 3. The molecule has 1 fully saturated rings. The first kappa shape index (κ1) is 29.6. The number of benzene rings is 2. The van der Waals surface area contributed by atoms with E-state index in [-0.39, 0.29) is 29.9 Å². The Morgan fingerprint density at radius 3 is 2.09 bits per heavy atom. The monoisotopic (exact) mass is 588 g/mol. The topological polar surface area (TPSA) is 129 Å². The Bertz CT molecular complexity index is 1530. The summed E-state index contributed by atoms with van der Waals surface area (Å²) in [6.45, 7) is 2.08. The predicted molar refractivity (Wildman–Crippen MR) is 152 cm³/mol. The van der Waals surface area contributed by atoms with Gasteiger partial charge in [0.05, 0.1) is 57.7 Å². The van der Waals surface area contributed by atoms with Crippen LogP contribution in [0, 0.1) is 6.92 Å². The molecule has 3 aliphatic heterocycles. The van der Waals surface area contributed by atoms with Crippen molar-refractivity contribution < 1.29 is 42.9 Å². The molecule has 3 aliphatic rings. The maximum atomic E-state index is 15.2. The third-order valence-electron chi connectivity index (χ3n) is 8.29. The summed E-state index contributed by atoms with van der Waals surface area (Å²) in [6.07, 6.45) is 0.823. The van der Waals surface area contributed by atoms with E-state index in [1.807, 2.05) is 30.3 Å². The van der Waals surface area contributed by atoms with Gasteiger partial charge in [0.15, 0.2) is 0 Å². The molecule has 0 aromatic heterocycles. The molecule has 0 unspecified atom stereocenters. The molecule has 0 radical (unpaired) electrons. The highest BCUT2D eigenvalue weighted by Gasteiger charge is 2.65. The smallest absolute Gasteiger partial charge is 0.354 e. The Morgan fingerprint density at radius 2 is 1.47 bits per heavy atom. The van der Waals surface area contributed by atoms with E-state index in [1.165, 1.54) is 9.80 Å². The van der Waals surface area contributed by atoms with Crippen LogP contribution in [0.5, 0.6) is 0 Å². The van der Waals surface area contributed by atoms with Crippen molar-refractivity contribution in [2.24, 2.45) is 0 Å². The van der Waals surface area contributed by atoms with Gasteiger partial charge in [0.2, 0.25) is 5.91 Å². The van der Waals surface area contributed by atoms with E-state index in [2.05, 4.69) is 0 Å². The molecule has 2 atom stereocenters. The summed E-state index contributed by atoms with van der Waals surface area (Å²) >= 11 is 0. The van der Waals surface area contributed by atoms with Crippen LogP contribution in [0.1, 0.15) is 29.5 Å². The largest absolute Gasteiger partial charge is 0.466 e. The summed E-state index contributed by atoms with van der Waals surface area (Å²) in [5.74, 6) is -4.62. The molecule has 0 aliphatic carbocycles. The lowest BCUT2D eigenvalue weighted by Crippen LogP contribution is -2.49. The zero-order valence-corrected chi connectivity index (χ0v) is 24.6. The van der Waals surface area contributed by atoms with Crippen LogP contribution in [0.25, 0.3) is 0 Å². The number of methoxy groups -OCH3 is 4. The number of carbonyl (C=O) groups is 5. The van der Waals surface area contributed by atoms with Gasteiger partial charge in [-0.05, 0) is 31.4 Å². The Morgan fingerprint density at radius 1 is 0.837 bits per heavy atom. The normalized spacial score (nSPS) is 21.0. The summed E-state index contributed by atoms with van der Waals surface area (Å²) in [5.41, 5.74) is -1.52. The van der Waals surface area contributed by atoms with E-state index >= 15 is 4.79 Å². The second-order valence-corrected chi connectivity index (χ2v) is 10.5. The molecule has 1 amide bonds. The van der Waals surface area contributed by atoms with Gasteiger partial charge in [0, 0.05) is 17.8 Å². The fraction of sp³-hybridized carbons (Fsp3) is 0.344. The van der Waals surface area contributed by atoms with Gasteiger partial charge in [0.25, 0.3) is 0 Å². The van der Waals surface area contributed by atoms with Crippen molar-refractivity contribution in [3.8, 4) is 0 Å². The van der Waals surface area contributed by atoms with Crippen molar-refractivity contribution in [1.82, 2.24) is 4.90 Å². The lowest BCUT2D eigenvalue weighted by Gasteiger charge is -2.32. The molecular weight excluding hydrogens is 556 g/mol. The molecule has 1 saturated heterocycles. The van der Waals surface area contributed by atoms with E-state index in [1.54, 1.807) is 25.1 Å². The van der Waals surface area contributed by atoms with E-state index in [4.69, 9.17) is 18.9 Å². The van der Waals surface area contributed by atoms with Gasteiger partial charge in [-0.2, -0.15) is 0 Å². The minimum atomic E-state index is -2.33. The van der Waals surface area contributed by atoms with E-state index in [0.29, 0.717) is 24.1 Å². The number of rotatable bonds is 6. The standard InChI is InChI=1S/C32H32N2O9/c1-18-13-14-21-20(16-18)32(31(39)34(21)17-19-10-7-6-8-11-19)24(28(36)41-3)23(27(35)40-2)22-12-9-15-33(22)26(30(38)43-5)25(32)29(37)42-4/h6-8,10-11,13-14,16,22H,9,12,15,17H2,1-5H3/t22-,32-/m1/s1. The molecular formula is C32H32N2O9. The lowest BCUT2D eigenvalue weighted by atomic mass is 9.66. The minimum Gasteiger partial charge on any atom is -0.466 e. The van der Waals surface area contributed by atoms with Crippen LogP contribution in [0.3, 0.4) is 0 Å². The number of carbonyl (C=O) groups excluding carboxylic acids is 5. The minimum absolute atomic E-state index is 0.0641. The van der Waals surface area contributed by atoms with Crippen LogP contribution in [0.15, 0.2) is 70.9 Å². The van der Waals surface area contributed by atoms with E-state index in [0.717, 1.165) is 34.0 Å². The first-order valence-electron chi connectivity index (χ1n) is 13.7. The van der Waals surface area contributed by atoms with Crippen LogP contribution in [0.2, 0.25) is 0 Å². The zero-order chi connectivity index (χ0) is 31.1. The van der Waals surface area contributed by atoms with E-state index < -0.39 is 52.4 Å². The van der Waals surface area contributed by atoms with E-state index in [9.17, 15) is 19.2 Å². The Balaban J connectivity index is 2.02. The van der Waals surface area contributed by atoms with Gasteiger partial charge in [-0.25, -0.2) is 19.2 Å². The van der Waals surface area contributed by atoms with Gasteiger partial charge >= 0.3 is 23.9 Å². The highest BCUT2D eigenvalue weighted by molar-refractivity contribution is 6.25. The maximum absolute atomic E-state index is 15.2. The second kappa shape index (κ2) is 11.4. The number of anilines is 1. The second-order valence-electron chi connectivity index (χ2n) is 10.5. The summed E-state index contributed by atoms with van der Waals surface area (Å²) in [4.78, 5) is 73.6. The molecule has 2 aromatic carbocycles. The number of amides is 1. The van der Waals surface area contributed by atoms with Crippen molar-refractivity contribution >= 4 is 35.5 Å². The molecule has 43 heavy (non-hydrogen) atoms. The van der Waals surface area contributed by atoms with Crippen molar-refractivity contribution in [2.45, 2.75) is 37.8 Å². The van der Waals surface area contributed by atoms with Crippen LogP contribution >= 0.6 is 0 Å². The van der Waals surface area contributed by atoms with Gasteiger partial charge in [0.1, 0.15) is 11.1 Å². The Labute approximate surface area is 248 Å². The van der Waals surface area contributed by atoms with Crippen molar-refractivity contribution in [3.63, 3.8) is 0 Å². The van der Waals surface area contributed by atoms with Gasteiger partial charge < -0.3 is 28.7 Å². The van der Waals surface area contributed by atoms with Crippen LogP contribution in [-0.2, 0) is 54.9 Å². The van der Waals surface area contributed by atoms with Gasteiger partial charge in [-0.15, -0.1) is 0 Å². The average Bonchev–Trinajstić information content (AvgIpc) is 3.55. The zero-order valence-electron chi connectivity index (χ0n) is 24.6. The molecule has 5 rings (SSSR count). The summed E-state index contributed by atoms with van der Waals surface area (Å²) < 4.78 is 20.9. The van der Waals surface area contributed by atoms with Gasteiger partial charge in [-0.1, -0.05) is 48.0 Å². The van der Waals surface area contributed by atoms with Crippen LogP contribution < -0.4 is 4.90 Å². The third-order valence-corrected chi connectivity index (χ3v) is 8.29. The van der Waals surface area contributed by atoms with Crippen molar-refractivity contribution in [1.29, 1.82) is 0 Å². The quantitative estimate of drug-likeness (QED) is 0.367. The maximum Gasteiger partial charge on any atom is 0.354 e. The number of esters is 4. The highest BCUT2D eigenvalue weighted by Crippen LogP contribution is 2.56. The highest BCUT2D eigenvalue weighted by atomic mass is 16.5. The van der Waals surface area contributed by atoms with Crippen molar-refractivity contribution in [2.75, 3.05) is 39.9 Å². The Kier molecular flexibility index (Phi) is 7.83. The number of hydrogen-bond acceptors (Lipinski definition) is 10. The third kappa shape index (κ3) is 4.38. The summed E-state index contributed by atoms with van der Waals surface area (Å²) in [6, 6.07) is 13.4. The summed E-state index contributed by atoms with van der Waals surface area (Å²) in [7, 11) is 4.55.